The Balaban J connectivity index is 3.75. The molecule has 1 amide bonds. The van der Waals surface area contributed by atoms with Crippen molar-refractivity contribution >= 4 is 5.91 Å². The van der Waals surface area contributed by atoms with Crippen molar-refractivity contribution in [2.24, 2.45) is 5.73 Å². The van der Waals surface area contributed by atoms with Gasteiger partial charge in [0, 0.05) is 18.6 Å². The van der Waals surface area contributed by atoms with Gasteiger partial charge >= 0.3 is 0 Å². The van der Waals surface area contributed by atoms with Gasteiger partial charge in [0.1, 0.15) is 0 Å². The Kier molecular flexibility index (Phi) is 9.09. The molecule has 0 aliphatic rings. The molecule has 1 atom stereocenters. The molecule has 0 spiro atoms. The molecule has 0 aliphatic carbocycles. The van der Waals surface area contributed by atoms with E-state index in [0.717, 1.165) is 38.6 Å². The second kappa shape index (κ2) is 9.42. The maximum atomic E-state index is 11.7. The lowest BCUT2D eigenvalue weighted by molar-refractivity contribution is -0.123. The zero-order valence-electron chi connectivity index (χ0n) is 11.3. The van der Waals surface area contributed by atoms with Crippen molar-refractivity contribution < 1.29 is 9.90 Å². The van der Waals surface area contributed by atoms with Crippen molar-refractivity contribution in [3.05, 3.63) is 0 Å². The van der Waals surface area contributed by atoms with Crippen molar-refractivity contribution in [2.45, 2.75) is 64.3 Å². The van der Waals surface area contributed by atoms with Crippen LogP contribution in [0.5, 0.6) is 0 Å². The van der Waals surface area contributed by atoms with Gasteiger partial charge in [0.25, 0.3) is 0 Å². The van der Waals surface area contributed by atoms with E-state index in [1.165, 1.54) is 0 Å². The average Bonchev–Trinajstić information content (AvgIpc) is 2.29. The minimum atomic E-state index is -0.261. The van der Waals surface area contributed by atoms with Crippen LogP contribution in [-0.2, 0) is 4.79 Å². The van der Waals surface area contributed by atoms with E-state index in [-0.39, 0.29) is 18.1 Å². The van der Waals surface area contributed by atoms with Crippen molar-refractivity contribution in [2.75, 3.05) is 13.2 Å². The lowest BCUT2D eigenvalue weighted by Crippen LogP contribution is -2.46. The summed E-state index contributed by atoms with van der Waals surface area (Å²) in [5, 5.41) is 12.0. The van der Waals surface area contributed by atoms with E-state index in [4.69, 9.17) is 10.8 Å². The molecule has 0 heterocycles. The maximum Gasteiger partial charge on any atom is 0.220 e. The number of nitrogens with two attached hydrogens (primary N) is 1. The summed E-state index contributed by atoms with van der Waals surface area (Å²) in [6.07, 6.45) is 6.16. The van der Waals surface area contributed by atoms with E-state index in [9.17, 15) is 4.79 Å². The Labute approximate surface area is 105 Å². The van der Waals surface area contributed by atoms with E-state index < -0.39 is 0 Å². The number of unbranched alkanes of at least 4 members (excludes halogenated alkanes) is 3. The first-order chi connectivity index (χ1) is 8.08. The smallest absolute Gasteiger partial charge is 0.220 e. The number of rotatable bonds is 10. The standard InChI is InChI=1S/C13H28N2O2/c1-3-13(2,9-11-16)15-12(17)8-6-4-5-7-10-14/h16H,3-11,14H2,1-2H3,(H,15,17). The number of hydrogen-bond acceptors (Lipinski definition) is 3. The van der Waals surface area contributed by atoms with Crippen LogP contribution in [-0.4, -0.2) is 29.7 Å². The Morgan fingerprint density at radius 1 is 1.29 bits per heavy atom. The van der Waals surface area contributed by atoms with Gasteiger partial charge < -0.3 is 16.2 Å². The lowest BCUT2D eigenvalue weighted by Gasteiger charge is -2.29. The number of amides is 1. The summed E-state index contributed by atoms with van der Waals surface area (Å²) in [6.45, 7) is 4.85. The summed E-state index contributed by atoms with van der Waals surface area (Å²) in [7, 11) is 0. The summed E-state index contributed by atoms with van der Waals surface area (Å²) in [4.78, 5) is 11.7. The van der Waals surface area contributed by atoms with E-state index in [2.05, 4.69) is 5.32 Å². The van der Waals surface area contributed by atoms with Crippen LogP contribution in [0.25, 0.3) is 0 Å². The number of aliphatic hydroxyl groups is 1. The van der Waals surface area contributed by atoms with Crippen LogP contribution in [0.15, 0.2) is 0 Å². The summed E-state index contributed by atoms with van der Waals surface area (Å²) >= 11 is 0. The highest BCUT2D eigenvalue weighted by molar-refractivity contribution is 5.76. The molecule has 4 N–H and O–H groups in total. The largest absolute Gasteiger partial charge is 0.396 e. The first kappa shape index (κ1) is 16.4. The van der Waals surface area contributed by atoms with Crippen LogP contribution in [0, 0.1) is 0 Å². The van der Waals surface area contributed by atoms with Crippen molar-refractivity contribution in [3.63, 3.8) is 0 Å². The Morgan fingerprint density at radius 3 is 2.47 bits per heavy atom. The SMILES string of the molecule is CCC(C)(CCO)NC(=O)CCCCCCN. The van der Waals surface area contributed by atoms with Gasteiger partial charge in [0.15, 0.2) is 0 Å². The van der Waals surface area contributed by atoms with Gasteiger partial charge in [-0.25, -0.2) is 0 Å². The van der Waals surface area contributed by atoms with Crippen molar-refractivity contribution in [1.82, 2.24) is 5.32 Å². The second-order valence-corrected chi connectivity index (χ2v) is 4.89. The Bertz CT molecular complexity index is 210. The summed E-state index contributed by atoms with van der Waals surface area (Å²) in [5.74, 6) is 0.0931. The molecule has 0 aliphatic heterocycles. The van der Waals surface area contributed by atoms with Crippen molar-refractivity contribution in [1.29, 1.82) is 0 Å². The molecule has 0 aromatic rings. The fourth-order valence-electron chi connectivity index (χ4n) is 1.76. The highest BCUT2D eigenvalue weighted by Gasteiger charge is 2.22. The quantitative estimate of drug-likeness (QED) is 0.510. The molecular formula is C13H28N2O2. The van der Waals surface area contributed by atoms with Gasteiger partial charge in [-0.05, 0) is 39.2 Å². The second-order valence-electron chi connectivity index (χ2n) is 4.89. The number of carbonyl (C=O) groups is 1. The molecule has 102 valence electrons. The zero-order valence-corrected chi connectivity index (χ0v) is 11.3. The molecule has 0 rings (SSSR count). The van der Waals surface area contributed by atoms with Gasteiger partial charge in [-0.2, -0.15) is 0 Å². The molecule has 1 unspecified atom stereocenters. The van der Waals surface area contributed by atoms with Gasteiger partial charge in [-0.1, -0.05) is 19.8 Å². The van der Waals surface area contributed by atoms with Crippen LogP contribution in [0.3, 0.4) is 0 Å². The third kappa shape index (κ3) is 8.16. The third-order valence-electron chi connectivity index (χ3n) is 3.24. The highest BCUT2D eigenvalue weighted by Crippen LogP contribution is 2.14. The lowest BCUT2D eigenvalue weighted by atomic mass is 9.94. The third-order valence-corrected chi connectivity index (χ3v) is 3.24. The molecule has 0 saturated carbocycles. The molecule has 0 radical (unpaired) electrons. The van der Waals surface area contributed by atoms with Crippen LogP contribution in [0.1, 0.15) is 58.8 Å². The first-order valence-electron chi connectivity index (χ1n) is 6.70. The summed E-state index contributed by atoms with van der Waals surface area (Å²) in [5.41, 5.74) is 5.14. The Morgan fingerprint density at radius 2 is 1.94 bits per heavy atom. The fourth-order valence-corrected chi connectivity index (χ4v) is 1.76. The molecule has 0 saturated heterocycles. The molecule has 0 fully saturated rings. The normalized spacial score (nSPS) is 14.4. The number of hydrogen-bond donors (Lipinski definition) is 3. The van der Waals surface area contributed by atoms with Crippen LogP contribution >= 0.6 is 0 Å². The molecule has 0 bridgehead atoms. The predicted octanol–water partition coefficient (Wildman–Crippen LogP) is 1.56. The van der Waals surface area contributed by atoms with E-state index in [1.54, 1.807) is 0 Å². The van der Waals surface area contributed by atoms with Crippen LogP contribution in [0.4, 0.5) is 0 Å². The number of carbonyl (C=O) groups excluding carboxylic acids is 1. The van der Waals surface area contributed by atoms with E-state index >= 15 is 0 Å². The minimum absolute atomic E-state index is 0.0931. The molecular weight excluding hydrogens is 216 g/mol. The summed E-state index contributed by atoms with van der Waals surface area (Å²) in [6, 6.07) is 0. The summed E-state index contributed by atoms with van der Waals surface area (Å²) < 4.78 is 0. The molecule has 4 nitrogen and oxygen atoms in total. The molecule has 0 aromatic heterocycles. The fraction of sp³-hybridized carbons (Fsp3) is 0.923. The molecule has 0 aromatic carbocycles. The predicted molar refractivity (Wildman–Crippen MR) is 70.7 cm³/mol. The monoisotopic (exact) mass is 244 g/mol. The van der Waals surface area contributed by atoms with Gasteiger partial charge in [-0.3, -0.25) is 4.79 Å². The topological polar surface area (TPSA) is 75.3 Å². The highest BCUT2D eigenvalue weighted by atomic mass is 16.3. The number of nitrogens with one attached hydrogen (secondary N) is 1. The molecule has 17 heavy (non-hydrogen) atoms. The van der Waals surface area contributed by atoms with Gasteiger partial charge in [0.2, 0.25) is 5.91 Å². The zero-order chi connectivity index (χ0) is 13.1. The minimum Gasteiger partial charge on any atom is -0.396 e. The maximum absolute atomic E-state index is 11.7. The van der Waals surface area contributed by atoms with E-state index in [1.807, 2.05) is 13.8 Å². The van der Waals surface area contributed by atoms with Gasteiger partial charge in [0.05, 0.1) is 0 Å². The van der Waals surface area contributed by atoms with Gasteiger partial charge in [-0.15, -0.1) is 0 Å². The number of aliphatic hydroxyl groups excluding tert-OH is 1. The van der Waals surface area contributed by atoms with E-state index in [0.29, 0.717) is 12.8 Å². The van der Waals surface area contributed by atoms with Crippen LogP contribution in [0.2, 0.25) is 0 Å². The molecule has 4 heteroatoms. The first-order valence-corrected chi connectivity index (χ1v) is 6.70. The Hall–Kier alpha value is -0.610. The average molecular weight is 244 g/mol. The van der Waals surface area contributed by atoms with Crippen molar-refractivity contribution in [3.8, 4) is 0 Å². The van der Waals surface area contributed by atoms with Crippen LogP contribution < -0.4 is 11.1 Å².